The summed E-state index contributed by atoms with van der Waals surface area (Å²) in [6.07, 6.45) is 1.07. The highest BCUT2D eigenvalue weighted by Gasteiger charge is 2.46. The molecule has 1 aliphatic heterocycles. The molecule has 140 valence electrons. The molecule has 0 spiro atoms. The maximum Gasteiger partial charge on any atom is 0.326 e. The first-order chi connectivity index (χ1) is 13.0. The summed E-state index contributed by atoms with van der Waals surface area (Å²) in [6, 6.07) is 12.5. The fourth-order valence-electron chi connectivity index (χ4n) is 4.03. The lowest BCUT2D eigenvalue weighted by atomic mass is 9.80. The minimum atomic E-state index is -0.852. The number of nitrogens with one attached hydrogen (secondary N) is 2. The Morgan fingerprint density at radius 1 is 1.33 bits per heavy atom. The van der Waals surface area contributed by atoms with Crippen molar-refractivity contribution in [3.8, 4) is 5.75 Å². The number of ether oxygens (including phenoxy) is 1. The Morgan fingerprint density at radius 2 is 2.15 bits per heavy atom. The zero-order valence-electron chi connectivity index (χ0n) is 15.2. The van der Waals surface area contributed by atoms with Crippen LogP contribution in [0.15, 0.2) is 42.5 Å². The number of hydrogen-bond acceptors (Lipinski definition) is 4. The Balaban J connectivity index is 1.96. The molecule has 3 N–H and O–H groups in total. The van der Waals surface area contributed by atoms with Gasteiger partial charge in [-0.3, -0.25) is 10.1 Å². The highest BCUT2D eigenvalue weighted by Crippen LogP contribution is 2.41. The van der Waals surface area contributed by atoms with Gasteiger partial charge in [-0.15, -0.1) is 0 Å². The topological polar surface area (TPSA) is 74.4 Å². The van der Waals surface area contributed by atoms with Gasteiger partial charge in [0.1, 0.15) is 11.3 Å². The molecule has 0 saturated heterocycles. The maximum absolute atomic E-state index is 12.7. The normalized spacial score (nSPS) is 21.8. The van der Waals surface area contributed by atoms with E-state index in [0.717, 1.165) is 27.7 Å². The second kappa shape index (κ2) is 6.59. The van der Waals surface area contributed by atoms with Crippen LogP contribution in [0.4, 0.5) is 0 Å². The number of esters is 1. The van der Waals surface area contributed by atoms with Gasteiger partial charge in [0.05, 0.1) is 13.2 Å². The molecule has 27 heavy (non-hydrogen) atoms. The number of phenolic OH excluding ortho intramolecular Hbond substituents is 1. The van der Waals surface area contributed by atoms with Crippen LogP contribution < -0.4 is 5.32 Å². The summed E-state index contributed by atoms with van der Waals surface area (Å²) >= 11 is 6.23. The third kappa shape index (κ3) is 2.87. The Bertz CT molecular complexity index is 1030. The highest BCUT2D eigenvalue weighted by molar-refractivity contribution is 6.31. The molecule has 4 rings (SSSR count). The van der Waals surface area contributed by atoms with Crippen molar-refractivity contribution in [3.63, 3.8) is 0 Å². The molecule has 3 aromatic rings. The van der Waals surface area contributed by atoms with Gasteiger partial charge in [0.2, 0.25) is 0 Å². The molecule has 0 amide bonds. The van der Waals surface area contributed by atoms with Crippen molar-refractivity contribution < 1.29 is 14.6 Å². The number of benzene rings is 2. The van der Waals surface area contributed by atoms with Crippen molar-refractivity contribution in [2.45, 2.75) is 31.3 Å². The molecule has 0 fully saturated rings. The minimum Gasteiger partial charge on any atom is -0.508 e. The van der Waals surface area contributed by atoms with Gasteiger partial charge in [0, 0.05) is 28.0 Å². The van der Waals surface area contributed by atoms with E-state index < -0.39 is 5.54 Å². The number of phenols is 1. The Labute approximate surface area is 162 Å². The van der Waals surface area contributed by atoms with E-state index in [1.165, 1.54) is 7.11 Å². The third-order valence-corrected chi connectivity index (χ3v) is 5.71. The van der Waals surface area contributed by atoms with Gasteiger partial charge in [-0.05, 0) is 47.9 Å². The predicted octanol–water partition coefficient (Wildman–Crippen LogP) is 4.08. The lowest BCUT2D eigenvalue weighted by molar-refractivity contribution is -0.149. The number of rotatable bonds is 3. The van der Waals surface area contributed by atoms with E-state index in [-0.39, 0.29) is 17.8 Å². The second-order valence-corrected chi connectivity index (χ2v) is 7.42. The molecule has 0 radical (unpaired) electrons. The fourth-order valence-corrected chi connectivity index (χ4v) is 4.20. The van der Waals surface area contributed by atoms with E-state index in [4.69, 9.17) is 16.3 Å². The molecule has 5 nitrogen and oxygen atoms in total. The molecule has 1 aromatic heterocycles. The largest absolute Gasteiger partial charge is 0.508 e. The van der Waals surface area contributed by atoms with Crippen LogP contribution in [-0.4, -0.2) is 28.7 Å². The first-order valence-corrected chi connectivity index (χ1v) is 9.30. The lowest BCUT2D eigenvalue weighted by Gasteiger charge is -2.39. The summed E-state index contributed by atoms with van der Waals surface area (Å²) in [5, 5.41) is 15.1. The zero-order valence-corrected chi connectivity index (χ0v) is 15.9. The van der Waals surface area contributed by atoms with Gasteiger partial charge in [0.15, 0.2) is 0 Å². The molecule has 2 aromatic carbocycles. The van der Waals surface area contributed by atoms with E-state index in [1.54, 1.807) is 18.2 Å². The Hall–Kier alpha value is -2.50. The molecule has 0 bridgehead atoms. The molecular weight excluding hydrogens is 364 g/mol. The van der Waals surface area contributed by atoms with E-state index >= 15 is 0 Å². The lowest BCUT2D eigenvalue weighted by Crippen LogP contribution is -2.57. The number of H-pyrrole nitrogens is 1. The van der Waals surface area contributed by atoms with Crippen LogP contribution in [0.3, 0.4) is 0 Å². The number of aromatic nitrogens is 1. The molecule has 0 aliphatic carbocycles. The Morgan fingerprint density at radius 3 is 2.85 bits per heavy atom. The second-order valence-electron chi connectivity index (χ2n) is 6.98. The van der Waals surface area contributed by atoms with Crippen LogP contribution in [0.2, 0.25) is 5.02 Å². The standard InChI is InChI=1S/C21H21ClN2O3/c1-3-21(20(26)27-2)11-16-15-10-13(22)7-8-17(15)23-19(16)18(24-21)12-5-4-6-14(25)9-12/h4-10,18,23-25H,3,11H2,1-2H3. The van der Waals surface area contributed by atoms with Crippen molar-refractivity contribution in [2.24, 2.45) is 0 Å². The summed E-state index contributed by atoms with van der Waals surface area (Å²) < 4.78 is 5.13. The molecule has 2 heterocycles. The van der Waals surface area contributed by atoms with Crippen molar-refractivity contribution in [1.82, 2.24) is 10.3 Å². The molecule has 0 saturated carbocycles. The summed E-state index contributed by atoms with van der Waals surface area (Å²) in [4.78, 5) is 16.2. The van der Waals surface area contributed by atoms with E-state index in [1.807, 2.05) is 31.2 Å². The molecule has 1 aliphatic rings. The number of aromatic amines is 1. The van der Waals surface area contributed by atoms with Gasteiger partial charge >= 0.3 is 5.97 Å². The number of fused-ring (bicyclic) bond motifs is 3. The van der Waals surface area contributed by atoms with Gasteiger partial charge in [-0.25, -0.2) is 0 Å². The minimum absolute atomic E-state index is 0.181. The van der Waals surface area contributed by atoms with Crippen LogP contribution in [0, 0.1) is 0 Å². The smallest absolute Gasteiger partial charge is 0.326 e. The average Bonchev–Trinajstić information content (AvgIpc) is 3.04. The zero-order chi connectivity index (χ0) is 19.2. The van der Waals surface area contributed by atoms with Crippen molar-refractivity contribution in [2.75, 3.05) is 7.11 Å². The number of carbonyl (C=O) groups is 1. The van der Waals surface area contributed by atoms with E-state index in [2.05, 4.69) is 10.3 Å². The van der Waals surface area contributed by atoms with E-state index in [0.29, 0.717) is 17.9 Å². The number of hydrogen-bond donors (Lipinski definition) is 3. The molecular formula is C21H21ClN2O3. The number of aromatic hydroxyl groups is 1. The monoisotopic (exact) mass is 384 g/mol. The number of carbonyl (C=O) groups excluding carboxylic acids is 1. The summed E-state index contributed by atoms with van der Waals surface area (Å²) in [6.45, 7) is 1.97. The highest BCUT2D eigenvalue weighted by atomic mass is 35.5. The predicted molar refractivity (Wildman–Crippen MR) is 105 cm³/mol. The van der Waals surface area contributed by atoms with Crippen molar-refractivity contribution in [3.05, 3.63) is 64.3 Å². The number of halogens is 1. The van der Waals surface area contributed by atoms with Gasteiger partial charge in [-0.2, -0.15) is 0 Å². The van der Waals surface area contributed by atoms with Gasteiger partial charge in [0.25, 0.3) is 0 Å². The average molecular weight is 385 g/mol. The summed E-state index contributed by atoms with van der Waals surface area (Å²) in [7, 11) is 1.41. The van der Waals surface area contributed by atoms with Crippen LogP contribution in [0.25, 0.3) is 10.9 Å². The third-order valence-electron chi connectivity index (χ3n) is 5.47. The van der Waals surface area contributed by atoms with Crippen LogP contribution in [0.5, 0.6) is 5.75 Å². The maximum atomic E-state index is 12.7. The van der Waals surface area contributed by atoms with Gasteiger partial charge in [-0.1, -0.05) is 30.7 Å². The summed E-state index contributed by atoms with van der Waals surface area (Å²) in [5.41, 5.74) is 3.01. The summed E-state index contributed by atoms with van der Waals surface area (Å²) in [5.74, 6) is -0.113. The molecule has 2 unspecified atom stereocenters. The van der Waals surface area contributed by atoms with Gasteiger partial charge < -0.3 is 14.8 Å². The van der Waals surface area contributed by atoms with Crippen LogP contribution in [-0.2, 0) is 16.0 Å². The first kappa shape index (κ1) is 17.9. The van der Waals surface area contributed by atoms with Crippen LogP contribution in [0.1, 0.15) is 36.2 Å². The molecule has 6 heteroatoms. The number of methoxy groups -OCH3 is 1. The van der Waals surface area contributed by atoms with Crippen molar-refractivity contribution in [1.29, 1.82) is 0 Å². The Kier molecular flexibility index (Phi) is 4.36. The van der Waals surface area contributed by atoms with Crippen LogP contribution >= 0.6 is 11.6 Å². The van der Waals surface area contributed by atoms with E-state index in [9.17, 15) is 9.90 Å². The quantitative estimate of drug-likeness (QED) is 0.595. The SMILES string of the molecule is CCC1(C(=O)OC)Cc2c([nH]c3ccc(Cl)cc23)C(c2cccc(O)c2)N1. The molecule has 2 atom stereocenters. The first-order valence-electron chi connectivity index (χ1n) is 8.92. The fraction of sp³-hybridized carbons (Fsp3) is 0.286. The van der Waals surface area contributed by atoms with Crippen molar-refractivity contribution >= 4 is 28.5 Å².